The molecule has 0 spiro atoms. The molecular formula is C19H27ClN2O2. The van der Waals surface area contributed by atoms with E-state index in [0.29, 0.717) is 17.3 Å². The van der Waals surface area contributed by atoms with Crippen molar-refractivity contribution in [2.75, 3.05) is 25.5 Å². The molecule has 0 saturated heterocycles. The number of amides is 1. The quantitative estimate of drug-likeness (QED) is 0.747. The van der Waals surface area contributed by atoms with Crippen molar-refractivity contribution in [1.82, 2.24) is 4.90 Å². The van der Waals surface area contributed by atoms with Gasteiger partial charge in [0.15, 0.2) is 0 Å². The van der Waals surface area contributed by atoms with Crippen molar-refractivity contribution in [3.63, 3.8) is 0 Å². The number of halogens is 1. The second-order valence-corrected chi connectivity index (χ2v) is 6.78. The number of hydrogen-bond donors (Lipinski definition) is 1. The molecule has 1 fully saturated rings. The summed E-state index contributed by atoms with van der Waals surface area (Å²) in [5.41, 5.74) is 2.42. The number of nitrogens with one attached hydrogen (secondary N) is 1. The van der Waals surface area contributed by atoms with Crippen LogP contribution >= 0.6 is 11.6 Å². The monoisotopic (exact) mass is 350 g/mol. The van der Waals surface area contributed by atoms with Crippen LogP contribution in [-0.4, -0.2) is 31.2 Å². The molecule has 0 heterocycles. The number of nitrogens with zero attached hydrogens (tertiary/aromatic N) is 1. The minimum absolute atomic E-state index is 0.334. The maximum absolute atomic E-state index is 11.5. The van der Waals surface area contributed by atoms with Crippen molar-refractivity contribution in [3.8, 4) is 0 Å². The Morgan fingerprint density at radius 1 is 1.38 bits per heavy atom. The summed E-state index contributed by atoms with van der Waals surface area (Å²) in [6.45, 7) is 7.31. The topological polar surface area (TPSA) is 41.6 Å². The van der Waals surface area contributed by atoms with Crippen LogP contribution in [0.2, 0.25) is 5.02 Å². The van der Waals surface area contributed by atoms with E-state index in [0.717, 1.165) is 23.7 Å². The molecule has 1 saturated carbocycles. The fraction of sp³-hybridized carbons (Fsp3) is 0.526. The highest BCUT2D eigenvalue weighted by Crippen LogP contribution is 2.30. The van der Waals surface area contributed by atoms with Gasteiger partial charge < -0.3 is 9.64 Å². The SMILES string of the molecule is C=C(c1ccc(NC(=O)OCC)cc1Cl)N(C)CC1CCCCC1. The van der Waals surface area contributed by atoms with E-state index in [-0.39, 0.29) is 0 Å². The third-order valence-electron chi connectivity index (χ3n) is 4.52. The van der Waals surface area contributed by atoms with Gasteiger partial charge in [-0.25, -0.2) is 4.79 Å². The van der Waals surface area contributed by atoms with E-state index in [1.54, 1.807) is 13.0 Å². The summed E-state index contributed by atoms with van der Waals surface area (Å²) < 4.78 is 4.87. The molecule has 1 aromatic rings. The molecule has 0 aromatic heterocycles. The summed E-state index contributed by atoms with van der Waals surface area (Å²) in [7, 11) is 2.07. The summed E-state index contributed by atoms with van der Waals surface area (Å²) in [5.74, 6) is 0.740. The Balaban J connectivity index is 1.99. The summed E-state index contributed by atoms with van der Waals surface area (Å²) >= 11 is 6.39. The summed E-state index contributed by atoms with van der Waals surface area (Å²) in [6, 6.07) is 5.44. The molecule has 1 aromatic carbocycles. The first kappa shape index (κ1) is 18.7. The van der Waals surface area contributed by atoms with Gasteiger partial charge in [0.05, 0.1) is 11.6 Å². The van der Waals surface area contributed by atoms with E-state index in [1.165, 1.54) is 32.1 Å². The summed E-state index contributed by atoms with van der Waals surface area (Å²) in [6.07, 6.45) is 6.15. The van der Waals surface area contributed by atoms with Crippen molar-refractivity contribution in [2.24, 2.45) is 5.92 Å². The van der Waals surface area contributed by atoms with Crippen molar-refractivity contribution in [2.45, 2.75) is 39.0 Å². The highest BCUT2D eigenvalue weighted by Gasteiger charge is 2.18. The van der Waals surface area contributed by atoms with Crippen LogP contribution in [0.25, 0.3) is 5.70 Å². The molecule has 0 atom stereocenters. The first-order chi connectivity index (χ1) is 11.5. The first-order valence-corrected chi connectivity index (χ1v) is 9.02. The maximum atomic E-state index is 11.5. The van der Waals surface area contributed by atoms with Gasteiger partial charge in [-0.15, -0.1) is 0 Å². The molecule has 1 N–H and O–H groups in total. The predicted octanol–water partition coefficient (Wildman–Crippen LogP) is 5.39. The molecule has 0 aliphatic heterocycles. The fourth-order valence-electron chi connectivity index (χ4n) is 3.18. The van der Waals surface area contributed by atoms with Crippen LogP contribution < -0.4 is 5.32 Å². The number of carbonyl (C=O) groups is 1. The number of hydrogen-bond acceptors (Lipinski definition) is 3. The molecule has 4 nitrogen and oxygen atoms in total. The third kappa shape index (κ3) is 5.17. The van der Waals surface area contributed by atoms with Gasteiger partial charge in [0.25, 0.3) is 0 Å². The van der Waals surface area contributed by atoms with E-state index in [4.69, 9.17) is 16.3 Å². The minimum atomic E-state index is -0.477. The van der Waals surface area contributed by atoms with E-state index in [2.05, 4.69) is 23.8 Å². The average Bonchev–Trinajstić information content (AvgIpc) is 2.55. The smallest absolute Gasteiger partial charge is 0.411 e. The second-order valence-electron chi connectivity index (χ2n) is 6.37. The largest absolute Gasteiger partial charge is 0.450 e. The molecule has 0 radical (unpaired) electrons. The number of anilines is 1. The lowest BCUT2D eigenvalue weighted by Crippen LogP contribution is -2.25. The number of rotatable bonds is 6. The first-order valence-electron chi connectivity index (χ1n) is 8.65. The predicted molar refractivity (Wildman–Crippen MR) is 100 cm³/mol. The zero-order valence-electron chi connectivity index (χ0n) is 14.6. The van der Waals surface area contributed by atoms with Crippen LogP contribution in [-0.2, 0) is 4.74 Å². The van der Waals surface area contributed by atoms with Crippen LogP contribution in [0.5, 0.6) is 0 Å². The highest BCUT2D eigenvalue weighted by molar-refractivity contribution is 6.32. The molecule has 0 bridgehead atoms. The minimum Gasteiger partial charge on any atom is -0.450 e. The Hall–Kier alpha value is -1.68. The Bertz CT molecular complexity index is 583. The van der Waals surface area contributed by atoms with Gasteiger partial charge in [-0.1, -0.05) is 37.4 Å². The van der Waals surface area contributed by atoms with Crippen molar-refractivity contribution in [3.05, 3.63) is 35.4 Å². The Morgan fingerprint density at radius 3 is 2.71 bits per heavy atom. The normalized spacial score (nSPS) is 15.0. The molecule has 0 unspecified atom stereocenters. The van der Waals surface area contributed by atoms with E-state index in [1.807, 2.05) is 12.1 Å². The van der Waals surface area contributed by atoms with Gasteiger partial charge in [0, 0.05) is 30.5 Å². The fourth-order valence-corrected chi connectivity index (χ4v) is 3.47. The van der Waals surface area contributed by atoms with Crippen LogP contribution in [0.1, 0.15) is 44.6 Å². The van der Waals surface area contributed by atoms with E-state index in [9.17, 15) is 4.79 Å². The van der Waals surface area contributed by atoms with Gasteiger partial charge in [-0.05, 0) is 43.9 Å². The maximum Gasteiger partial charge on any atom is 0.411 e. The molecule has 2 rings (SSSR count). The third-order valence-corrected chi connectivity index (χ3v) is 4.83. The zero-order chi connectivity index (χ0) is 17.5. The lowest BCUT2D eigenvalue weighted by atomic mass is 9.89. The van der Waals surface area contributed by atoms with Gasteiger partial charge in [0.1, 0.15) is 0 Å². The van der Waals surface area contributed by atoms with Crippen molar-refractivity contribution >= 4 is 29.1 Å². The molecule has 1 aliphatic carbocycles. The Morgan fingerprint density at radius 2 is 2.08 bits per heavy atom. The molecule has 5 heteroatoms. The van der Waals surface area contributed by atoms with Crippen LogP contribution in [0.3, 0.4) is 0 Å². The Labute approximate surface area is 149 Å². The van der Waals surface area contributed by atoms with Gasteiger partial charge in [-0.2, -0.15) is 0 Å². The van der Waals surface area contributed by atoms with Crippen LogP contribution in [0.15, 0.2) is 24.8 Å². The van der Waals surface area contributed by atoms with Crippen molar-refractivity contribution in [1.29, 1.82) is 0 Å². The van der Waals surface area contributed by atoms with E-state index < -0.39 is 6.09 Å². The Kier molecular flexibility index (Phi) is 6.98. The lowest BCUT2D eigenvalue weighted by Gasteiger charge is -2.30. The number of benzene rings is 1. The number of carbonyl (C=O) groups excluding carboxylic acids is 1. The average molecular weight is 351 g/mol. The summed E-state index contributed by atoms with van der Waals surface area (Å²) in [5, 5.41) is 3.23. The molecule has 1 amide bonds. The molecule has 132 valence electrons. The molecular weight excluding hydrogens is 324 g/mol. The second kappa shape index (κ2) is 8.97. The van der Waals surface area contributed by atoms with Gasteiger partial charge in [-0.3, -0.25) is 5.32 Å². The van der Waals surface area contributed by atoms with Crippen LogP contribution in [0, 0.1) is 5.92 Å². The summed E-state index contributed by atoms with van der Waals surface area (Å²) in [4.78, 5) is 13.7. The van der Waals surface area contributed by atoms with E-state index >= 15 is 0 Å². The van der Waals surface area contributed by atoms with Gasteiger partial charge in [0.2, 0.25) is 0 Å². The molecule has 24 heavy (non-hydrogen) atoms. The lowest BCUT2D eigenvalue weighted by molar-refractivity contribution is 0.168. The van der Waals surface area contributed by atoms with Gasteiger partial charge >= 0.3 is 6.09 Å². The van der Waals surface area contributed by atoms with Crippen molar-refractivity contribution < 1.29 is 9.53 Å². The van der Waals surface area contributed by atoms with Crippen LogP contribution in [0.4, 0.5) is 10.5 Å². The standard InChI is InChI=1S/C19H27ClN2O2/c1-4-24-19(23)21-16-10-11-17(18(20)12-16)14(2)22(3)13-15-8-6-5-7-9-15/h10-12,15H,2,4-9,13H2,1,3H3,(H,21,23). The zero-order valence-corrected chi connectivity index (χ0v) is 15.4. The highest BCUT2D eigenvalue weighted by atomic mass is 35.5. The molecule has 1 aliphatic rings. The number of ether oxygens (including phenoxy) is 1.